The normalized spacial score (nSPS) is 15.1. The van der Waals surface area contributed by atoms with Crippen molar-refractivity contribution in [1.82, 2.24) is 5.32 Å². The summed E-state index contributed by atoms with van der Waals surface area (Å²) in [4.78, 5) is 0. The molecule has 1 unspecified atom stereocenters. The molecule has 1 atom stereocenters. The maximum absolute atomic E-state index is 10.0. The molecule has 1 rings (SSSR count). The van der Waals surface area contributed by atoms with Gasteiger partial charge in [-0.2, -0.15) is 0 Å². The Balaban J connectivity index is 2.42. The van der Waals surface area contributed by atoms with Gasteiger partial charge in [-0.25, -0.2) is 0 Å². The fraction of sp³-hybridized carbons (Fsp3) is 0.538. The third-order valence-corrected chi connectivity index (χ3v) is 2.97. The molecular formula is C13H21NO2. The predicted molar refractivity (Wildman–Crippen MR) is 65.3 cm³/mol. The summed E-state index contributed by atoms with van der Waals surface area (Å²) in [5.41, 5.74) is 0.316. The van der Waals surface area contributed by atoms with Crippen molar-refractivity contribution in [2.75, 3.05) is 6.54 Å². The molecule has 0 saturated heterocycles. The summed E-state index contributed by atoms with van der Waals surface area (Å²) in [7, 11) is 0. The van der Waals surface area contributed by atoms with Crippen LogP contribution in [0.15, 0.2) is 24.3 Å². The molecule has 90 valence electrons. The fourth-order valence-electron chi connectivity index (χ4n) is 1.33. The van der Waals surface area contributed by atoms with E-state index in [1.54, 1.807) is 12.1 Å². The standard InChI is InChI=1S/C13H21NO2/c1-10(2)13(3,16)9-14-8-11-5-4-6-12(15)7-11/h4-7,10,14-16H,8-9H2,1-3H3. The molecule has 3 N–H and O–H groups in total. The lowest BCUT2D eigenvalue weighted by Crippen LogP contribution is -2.41. The van der Waals surface area contributed by atoms with Crippen molar-refractivity contribution in [3.63, 3.8) is 0 Å². The number of benzene rings is 1. The Bertz CT molecular complexity index is 334. The lowest BCUT2D eigenvalue weighted by molar-refractivity contribution is 0.0140. The van der Waals surface area contributed by atoms with Crippen molar-refractivity contribution in [3.05, 3.63) is 29.8 Å². The van der Waals surface area contributed by atoms with E-state index in [1.807, 2.05) is 32.9 Å². The zero-order chi connectivity index (χ0) is 12.2. The monoisotopic (exact) mass is 223 g/mol. The number of phenols is 1. The molecule has 1 aromatic rings. The van der Waals surface area contributed by atoms with Crippen LogP contribution in [0.4, 0.5) is 0 Å². The second kappa shape index (κ2) is 5.32. The minimum atomic E-state index is -0.698. The zero-order valence-corrected chi connectivity index (χ0v) is 10.2. The zero-order valence-electron chi connectivity index (χ0n) is 10.2. The van der Waals surface area contributed by atoms with Gasteiger partial charge in [0.1, 0.15) is 5.75 Å². The maximum Gasteiger partial charge on any atom is 0.115 e. The van der Waals surface area contributed by atoms with Gasteiger partial charge in [-0.1, -0.05) is 26.0 Å². The molecule has 0 heterocycles. The number of phenolic OH excluding ortho intramolecular Hbond substituents is 1. The van der Waals surface area contributed by atoms with Crippen molar-refractivity contribution in [2.24, 2.45) is 5.92 Å². The van der Waals surface area contributed by atoms with Crippen LogP contribution in [0.3, 0.4) is 0 Å². The number of hydrogen-bond donors (Lipinski definition) is 3. The van der Waals surface area contributed by atoms with E-state index in [1.165, 1.54) is 0 Å². The summed E-state index contributed by atoms with van der Waals surface area (Å²) < 4.78 is 0. The topological polar surface area (TPSA) is 52.5 Å². The summed E-state index contributed by atoms with van der Waals surface area (Å²) in [6.07, 6.45) is 0. The Kier molecular flexibility index (Phi) is 4.33. The first-order valence-electron chi connectivity index (χ1n) is 5.63. The molecule has 0 aliphatic carbocycles. The van der Waals surface area contributed by atoms with Gasteiger partial charge in [-0.3, -0.25) is 0 Å². The molecule has 0 radical (unpaired) electrons. The number of aromatic hydroxyl groups is 1. The van der Waals surface area contributed by atoms with Gasteiger partial charge in [0.05, 0.1) is 5.60 Å². The molecule has 1 aromatic carbocycles. The van der Waals surface area contributed by atoms with Crippen molar-refractivity contribution in [3.8, 4) is 5.75 Å². The van der Waals surface area contributed by atoms with E-state index in [-0.39, 0.29) is 11.7 Å². The van der Waals surface area contributed by atoms with E-state index in [9.17, 15) is 10.2 Å². The lowest BCUT2D eigenvalue weighted by atomic mass is 9.92. The molecule has 0 saturated carbocycles. The molecule has 0 amide bonds. The third-order valence-electron chi connectivity index (χ3n) is 2.97. The van der Waals surface area contributed by atoms with Crippen LogP contribution in [0.5, 0.6) is 5.75 Å². The molecular weight excluding hydrogens is 202 g/mol. The van der Waals surface area contributed by atoms with E-state index in [0.29, 0.717) is 13.1 Å². The first kappa shape index (κ1) is 13.0. The minimum absolute atomic E-state index is 0.212. The lowest BCUT2D eigenvalue weighted by Gasteiger charge is -2.28. The molecule has 3 nitrogen and oxygen atoms in total. The first-order valence-corrected chi connectivity index (χ1v) is 5.63. The SMILES string of the molecule is CC(C)C(C)(O)CNCc1cccc(O)c1. The van der Waals surface area contributed by atoms with Gasteiger partial charge in [0.15, 0.2) is 0 Å². The van der Waals surface area contributed by atoms with Crippen LogP contribution >= 0.6 is 0 Å². The average molecular weight is 223 g/mol. The molecule has 0 spiro atoms. The summed E-state index contributed by atoms with van der Waals surface area (Å²) in [5, 5.41) is 22.5. The quantitative estimate of drug-likeness (QED) is 0.714. The number of rotatable bonds is 5. The first-order chi connectivity index (χ1) is 7.42. The predicted octanol–water partition coefficient (Wildman–Crippen LogP) is 1.89. The van der Waals surface area contributed by atoms with Crippen LogP contribution in [-0.4, -0.2) is 22.4 Å². The van der Waals surface area contributed by atoms with Crippen LogP contribution in [0, 0.1) is 5.92 Å². The summed E-state index contributed by atoms with van der Waals surface area (Å²) in [5.74, 6) is 0.485. The van der Waals surface area contributed by atoms with Crippen LogP contribution in [0.2, 0.25) is 0 Å². The summed E-state index contributed by atoms with van der Waals surface area (Å²) >= 11 is 0. The Hall–Kier alpha value is -1.06. The third kappa shape index (κ3) is 3.83. The van der Waals surface area contributed by atoms with Crippen molar-refractivity contribution in [2.45, 2.75) is 32.9 Å². The van der Waals surface area contributed by atoms with E-state index in [0.717, 1.165) is 5.56 Å². The van der Waals surface area contributed by atoms with Gasteiger partial charge in [0, 0.05) is 13.1 Å². The smallest absolute Gasteiger partial charge is 0.115 e. The highest BCUT2D eigenvalue weighted by Gasteiger charge is 2.23. The van der Waals surface area contributed by atoms with Gasteiger partial charge in [0.2, 0.25) is 0 Å². The largest absolute Gasteiger partial charge is 0.508 e. The fourth-order valence-corrected chi connectivity index (χ4v) is 1.33. The van der Waals surface area contributed by atoms with Crippen molar-refractivity contribution in [1.29, 1.82) is 0 Å². The molecule has 0 aliphatic rings. The number of nitrogens with one attached hydrogen (secondary N) is 1. The van der Waals surface area contributed by atoms with Crippen LogP contribution in [0.1, 0.15) is 26.3 Å². The molecule has 0 aromatic heterocycles. The van der Waals surface area contributed by atoms with Gasteiger partial charge in [-0.15, -0.1) is 0 Å². The average Bonchev–Trinajstić information content (AvgIpc) is 2.17. The number of hydrogen-bond acceptors (Lipinski definition) is 3. The molecule has 16 heavy (non-hydrogen) atoms. The molecule has 0 fully saturated rings. The van der Waals surface area contributed by atoms with E-state index >= 15 is 0 Å². The Morgan fingerprint density at radius 1 is 1.38 bits per heavy atom. The van der Waals surface area contributed by atoms with Crippen molar-refractivity contribution >= 4 is 0 Å². The Morgan fingerprint density at radius 3 is 2.62 bits per heavy atom. The summed E-state index contributed by atoms with van der Waals surface area (Å²) in [6, 6.07) is 7.12. The van der Waals surface area contributed by atoms with Crippen LogP contribution < -0.4 is 5.32 Å². The minimum Gasteiger partial charge on any atom is -0.508 e. The Morgan fingerprint density at radius 2 is 2.06 bits per heavy atom. The van der Waals surface area contributed by atoms with Gasteiger partial charge in [-0.05, 0) is 30.5 Å². The molecule has 3 heteroatoms. The Labute approximate surface area is 97.1 Å². The highest BCUT2D eigenvalue weighted by molar-refractivity contribution is 5.26. The van der Waals surface area contributed by atoms with Gasteiger partial charge < -0.3 is 15.5 Å². The van der Waals surface area contributed by atoms with Gasteiger partial charge in [0.25, 0.3) is 0 Å². The molecule has 0 aliphatic heterocycles. The highest BCUT2D eigenvalue weighted by Crippen LogP contribution is 2.15. The number of aliphatic hydroxyl groups is 1. The van der Waals surface area contributed by atoms with E-state index in [2.05, 4.69) is 5.32 Å². The van der Waals surface area contributed by atoms with Crippen molar-refractivity contribution < 1.29 is 10.2 Å². The second-order valence-corrected chi connectivity index (χ2v) is 4.79. The van der Waals surface area contributed by atoms with Crippen LogP contribution in [-0.2, 0) is 6.54 Å². The highest BCUT2D eigenvalue weighted by atomic mass is 16.3. The van der Waals surface area contributed by atoms with Gasteiger partial charge >= 0.3 is 0 Å². The van der Waals surface area contributed by atoms with E-state index < -0.39 is 5.60 Å². The molecule has 0 bridgehead atoms. The second-order valence-electron chi connectivity index (χ2n) is 4.79. The van der Waals surface area contributed by atoms with Crippen LogP contribution in [0.25, 0.3) is 0 Å². The summed E-state index contributed by atoms with van der Waals surface area (Å²) in [6.45, 7) is 7.01. The van der Waals surface area contributed by atoms with E-state index in [4.69, 9.17) is 0 Å². The maximum atomic E-state index is 10.0.